The minimum atomic E-state index is -3.89. The van der Waals surface area contributed by atoms with E-state index < -0.39 is 10.0 Å². The lowest BCUT2D eigenvalue weighted by Crippen LogP contribution is -2.15. The van der Waals surface area contributed by atoms with Crippen LogP contribution in [-0.4, -0.2) is 14.7 Å². The highest BCUT2D eigenvalue weighted by Gasteiger charge is 2.22. The molecule has 3 N–H and O–H groups in total. The molecule has 0 spiro atoms. The molecule has 0 fully saturated rings. The van der Waals surface area contributed by atoms with Crippen LogP contribution in [0.5, 0.6) is 0 Å². The van der Waals surface area contributed by atoms with Gasteiger partial charge in [-0.05, 0) is 36.6 Å². The van der Waals surface area contributed by atoms with Gasteiger partial charge in [0.2, 0.25) is 0 Å². The summed E-state index contributed by atoms with van der Waals surface area (Å²) in [6.45, 7) is 0. The van der Waals surface area contributed by atoms with Crippen LogP contribution < -0.4 is 10.5 Å². The van der Waals surface area contributed by atoms with E-state index in [-0.39, 0.29) is 20.6 Å². The summed E-state index contributed by atoms with van der Waals surface area (Å²) in [5.41, 5.74) is 6.16. The summed E-state index contributed by atoms with van der Waals surface area (Å²) in [6.07, 6.45) is 1.90. The van der Waals surface area contributed by atoms with Crippen molar-refractivity contribution in [1.82, 2.24) is 0 Å². The van der Waals surface area contributed by atoms with Crippen LogP contribution in [0.3, 0.4) is 0 Å². The normalized spacial score (nSPS) is 11.4. The summed E-state index contributed by atoms with van der Waals surface area (Å²) >= 11 is 13.3. The van der Waals surface area contributed by atoms with E-state index in [9.17, 15) is 8.42 Å². The molecule has 0 heterocycles. The van der Waals surface area contributed by atoms with Crippen LogP contribution in [0.25, 0.3) is 0 Å². The van der Waals surface area contributed by atoms with Crippen LogP contribution in [0, 0.1) is 0 Å². The predicted octanol–water partition coefficient (Wildman–Crippen LogP) is 4.10. The largest absolute Gasteiger partial charge is 0.398 e. The van der Waals surface area contributed by atoms with Gasteiger partial charge < -0.3 is 5.73 Å². The lowest BCUT2D eigenvalue weighted by molar-refractivity contribution is 0.601. The zero-order valence-corrected chi connectivity index (χ0v) is 14.1. The van der Waals surface area contributed by atoms with Crippen molar-refractivity contribution in [2.45, 2.75) is 9.79 Å². The third-order valence-electron chi connectivity index (χ3n) is 2.63. The number of benzene rings is 2. The SMILES string of the molecule is CSc1cccc(NS(=O)(=O)c2c(N)cc(Cl)cc2Cl)c1. The number of thioether (sulfide) groups is 1. The molecular formula is C13H12Cl2N2O2S2. The standard InChI is InChI=1S/C13H12Cl2N2O2S2/c1-20-10-4-2-3-9(7-10)17-21(18,19)13-11(15)5-8(14)6-12(13)16/h2-7,17H,16H2,1H3. The van der Waals surface area contributed by atoms with E-state index in [0.717, 1.165) is 4.90 Å². The molecule has 0 aromatic heterocycles. The first kappa shape index (κ1) is 16.3. The van der Waals surface area contributed by atoms with E-state index in [0.29, 0.717) is 5.69 Å². The molecule has 21 heavy (non-hydrogen) atoms. The van der Waals surface area contributed by atoms with Crippen molar-refractivity contribution >= 4 is 56.4 Å². The van der Waals surface area contributed by atoms with E-state index in [1.165, 1.54) is 23.9 Å². The van der Waals surface area contributed by atoms with Crippen LogP contribution >= 0.6 is 35.0 Å². The molecule has 0 aliphatic carbocycles. The molecule has 0 aliphatic rings. The smallest absolute Gasteiger partial charge is 0.265 e. The molecule has 112 valence electrons. The minimum Gasteiger partial charge on any atom is -0.398 e. The second kappa shape index (κ2) is 6.36. The molecule has 0 unspecified atom stereocenters. The molecule has 0 radical (unpaired) electrons. The lowest BCUT2D eigenvalue weighted by Gasteiger charge is -2.12. The van der Waals surface area contributed by atoms with Gasteiger partial charge in [-0.3, -0.25) is 4.72 Å². The average Bonchev–Trinajstić information content (AvgIpc) is 2.36. The highest BCUT2D eigenvalue weighted by atomic mass is 35.5. The highest BCUT2D eigenvalue weighted by Crippen LogP contribution is 2.32. The maximum absolute atomic E-state index is 12.4. The first-order chi connectivity index (χ1) is 9.83. The van der Waals surface area contributed by atoms with Crippen molar-refractivity contribution < 1.29 is 8.42 Å². The zero-order valence-electron chi connectivity index (χ0n) is 10.9. The monoisotopic (exact) mass is 362 g/mol. The molecule has 0 saturated heterocycles. The van der Waals surface area contributed by atoms with Gasteiger partial charge in [0.05, 0.1) is 10.7 Å². The van der Waals surface area contributed by atoms with Gasteiger partial charge in [0, 0.05) is 15.6 Å². The Balaban J connectivity index is 2.43. The third-order valence-corrected chi connectivity index (χ3v) is 5.48. The number of nitrogen functional groups attached to an aromatic ring is 1. The Morgan fingerprint density at radius 2 is 1.90 bits per heavy atom. The van der Waals surface area contributed by atoms with Gasteiger partial charge in [-0.25, -0.2) is 8.42 Å². The van der Waals surface area contributed by atoms with Crippen molar-refractivity contribution in [3.63, 3.8) is 0 Å². The van der Waals surface area contributed by atoms with Crippen molar-refractivity contribution in [3.8, 4) is 0 Å². The minimum absolute atomic E-state index is 0.000945. The Labute approximate surface area is 137 Å². The van der Waals surface area contributed by atoms with E-state index in [1.807, 2.05) is 12.3 Å². The second-order valence-corrected chi connectivity index (χ2v) is 7.49. The summed E-state index contributed by atoms with van der Waals surface area (Å²) in [5.74, 6) is 0. The fourth-order valence-electron chi connectivity index (χ4n) is 1.76. The van der Waals surface area contributed by atoms with E-state index >= 15 is 0 Å². The van der Waals surface area contributed by atoms with Crippen LogP contribution in [0.2, 0.25) is 10.0 Å². The predicted molar refractivity (Wildman–Crippen MR) is 89.9 cm³/mol. The van der Waals surface area contributed by atoms with E-state index in [1.54, 1.807) is 18.2 Å². The number of hydrogen-bond donors (Lipinski definition) is 2. The molecular weight excluding hydrogens is 351 g/mol. The van der Waals surface area contributed by atoms with Crippen molar-refractivity contribution in [3.05, 3.63) is 46.4 Å². The van der Waals surface area contributed by atoms with Crippen molar-refractivity contribution in [2.75, 3.05) is 16.7 Å². The number of halogens is 2. The number of hydrogen-bond acceptors (Lipinski definition) is 4. The molecule has 2 aromatic carbocycles. The summed E-state index contributed by atoms with van der Waals surface area (Å²) in [7, 11) is -3.89. The Morgan fingerprint density at radius 1 is 1.19 bits per heavy atom. The number of nitrogens with one attached hydrogen (secondary N) is 1. The second-order valence-electron chi connectivity index (χ2n) is 4.14. The molecule has 0 bridgehead atoms. The fraction of sp³-hybridized carbons (Fsp3) is 0.0769. The molecule has 0 saturated carbocycles. The van der Waals surface area contributed by atoms with Crippen molar-refractivity contribution in [2.24, 2.45) is 0 Å². The average molecular weight is 363 g/mol. The van der Waals surface area contributed by atoms with Crippen LogP contribution in [0.4, 0.5) is 11.4 Å². The maximum Gasteiger partial charge on any atom is 0.265 e. The number of anilines is 2. The van der Waals surface area contributed by atoms with Crippen LogP contribution in [-0.2, 0) is 10.0 Å². The maximum atomic E-state index is 12.4. The van der Waals surface area contributed by atoms with E-state index in [4.69, 9.17) is 28.9 Å². The Hall–Kier alpha value is -1.08. The van der Waals surface area contributed by atoms with Gasteiger partial charge in [-0.15, -0.1) is 11.8 Å². The summed E-state index contributed by atoms with van der Waals surface area (Å²) in [4.78, 5) is 0.758. The molecule has 0 amide bonds. The first-order valence-corrected chi connectivity index (χ1v) is 9.21. The number of sulfonamides is 1. The fourth-order valence-corrected chi connectivity index (χ4v) is 4.25. The van der Waals surface area contributed by atoms with Crippen LogP contribution in [0.15, 0.2) is 46.2 Å². The Morgan fingerprint density at radius 3 is 2.52 bits per heavy atom. The van der Waals surface area contributed by atoms with E-state index in [2.05, 4.69) is 4.72 Å². The molecule has 2 rings (SSSR count). The van der Waals surface area contributed by atoms with Crippen molar-refractivity contribution in [1.29, 1.82) is 0 Å². The topological polar surface area (TPSA) is 72.2 Å². The van der Waals surface area contributed by atoms with Gasteiger partial charge in [0.25, 0.3) is 10.0 Å². The summed E-state index contributed by atoms with van der Waals surface area (Å²) < 4.78 is 27.3. The van der Waals surface area contributed by atoms with Crippen LogP contribution in [0.1, 0.15) is 0 Å². The molecule has 0 aliphatic heterocycles. The first-order valence-electron chi connectivity index (χ1n) is 5.75. The molecule has 0 atom stereocenters. The van der Waals surface area contributed by atoms with Gasteiger partial charge >= 0.3 is 0 Å². The number of rotatable bonds is 4. The molecule has 4 nitrogen and oxygen atoms in total. The summed E-state index contributed by atoms with van der Waals surface area (Å²) in [5, 5.41) is 0.259. The molecule has 2 aromatic rings. The summed E-state index contributed by atoms with van der Waals surface area (Å²) in [6, 6.07) is 9.70. The van der Waals surface area contributed by atoms with Gasteiger partial charge in [0.15, 0.2) is 0 Å². The Kier molecular flexibility index (Phi) is 4.93. The highest BCUT2D eigenvalue weighted by molar-refractivity contribution is 7.98. The quantitative estimate of drug-likeness (QED) is 0.634. The zero-order chi connectivity index (χ0) is 15.6. The number of nitrogens with two attached hydrogens (primary N) is 1. The van der Waals surface area contributed by atoms with Gasteiger partial charge in [0.1, 0.15) is 4.90 Å². The third kappa shape index (κ3) is 3.77. The molecule has 8 heteroatoms. The Bertz CT molecular complexity index is 756. The van der Waals surface area contributed by atoms with Gasteiger partial charge in [-0.2, -0.15) is 0 Å². The lowest BCUT2D eigenvalue weighted by atomic mass is 10.3. The van der Waals surface area contributed by atoms with Gasteiger partial charge in [-0.1, -0.05) is 29.3 Å².